The first-order valence-electron chi connectivity index (χ1n) is 10.4. The summed E-state index contributed by atoms with van der Waals surface area (Å²) < 4.78 is 4.29. The zero-order chi connectivity index (χ0) is 20.8. The van der Waals surface area contributed by atoms with E-state index in [1.54, 1.807) is 0 Å². The van der Waals surface area contributed by atoms with E-state index in [2.05, 4.69) is 82.8 Å². The van der Waals surface area contributed by atoms with Crippen LogP contribution in [0, 0.1) is 6.92 Å². The highest BCUT2D eigenvalue weighted by molar-refractivity contribution is 5.84. The van der Waals surface area contributed by atoms with Gasteiger partial charge in [0.2, 0.25) is 0 Å². The second kappa shape index (κ2) is 6.96. The minimum atomic E-state index is 0.932. The van der Waals surface area contributed by atoms with E-state index >= 15 is 0 Å². The van der Waals surface area contributed by atoms with Crippen molar-refractivity contribution in [3.63, 3.8) is 0 Å². The summed E-state index contributed by atoms with van der Waals surface area (Å²) >= 11 is 0. The minimum Gasteiger partial charge on any atom is -0.306 e. The highest BCUT2D eigenvalue weighted by Gasteiger charge is 2.16. The summed E-state index contributed by atoms with van der Waals surface area (Å²) in [6.07, 6.45) is 4.10. The number of pyridine rings is 1. The van der Waals surface area contributed by atoms with Crippen molar-refractivity contribution in [1.82, 2.24) is 18.9 Å². The highest BCUT2D eigenvalue weighted by atomic mass is 15.1. The highest BCUT2D eigenvalue weighted by Crippen LogP contribution is 2.32. The fourth-order valence-corrected chi connectivity index (χ4v) is 4.19. The molecular weight excluding hydrogens is 380 g/mol. The number of rotatable bonds is 3. The maximum atomic E-state index is 5.02. The summed E-state index contributed by atoms with van der Waals surface area (Å²) in [6, 6.07) is 31.3. The third kappa shape index (κ3) is 3.01. The van der Waals surface area contributed by atoms with Gasteiger partial charge in [0.25, 0.3) is 0 Å². The van der Waals surface area contributed by atoms with Crippen molar-refractivity contribution in [1.29, 1.82) is 0 Å². The topological polar surface area (TPSA) is 35.1 Å². The van der Waals surface area contributed by atoms with E-state index in [1.165, 1.54) is 5.56 Å². The average molecular weight is 400 g/mol. The molecule has 6 aromatic rings. The number of benzene rings is 3. The Labute approximate surface area is 180 Å². The van der Waals surface area contributed by atoms with Gasteiger partial charge in [-0.05, 0) is 67.1 Å². The van der Waals surface area contributed by atoms with Crippen LogP contribution >= 0.6 is 0 Å². The van der Waals surface area contributed by atoms with Crippen LogP contribution in [0.5, 0.6) is 0 Å². The van der Waals surface area contributed by atoms with Crippen molar-refractivity contribution in [2.45, 2.75) is 6.92 Å². The Hall–Kier alpha value is -4.18. The van der Waals surface area contributed by atoms with Gasteiger partial charge in [-0.1, -0.05) is 36.4 Å². The molecule has 31 heavy (non-hydrogen) atoms. The molecule has 148 valence electrons. The second-order valence-electron chi connectivity index (χ2n) is 7.78. The van der Waals surface area contributed by atoms with E-state index in [-0.39, 0.29) is 0 Å². The van der Waals surface area contributed by atoms with Gasteiger partial charge in [-0.15, -0.1) is 0 Å². The largest absolute Gasteiger partial charge is 0.306 e. The molecule has 0 aliphatic heterocycles. The summed E-state index contributed by atoms with van der Waals surface area (Å²) in [5, 5.41) is 0. The van der Waals surface area contributed by atoms with Crippen molar-refractivity contribution < 1.29 is 0 Å². The molecule has 0 spiro atoms. The first-order chi connectivity index (χ1) is 15.3. The van der Waals surface area contributed by atoms with Crippen molar-refractivity contribution in [3.05, 3.63) is 109 Å². The molecule has 0 radical (unpaired) electrons. The Morgan fingerprint density at radius 3 is 2.35 bits per heavy atom. The SMILES string of the molecule is Cc1cc(-c2cn3ccccc3n2)cc(-c2nc3ccccc3n2-c2ccccc2)c1. The third-order valence-corrected chi connectivity index (χ3v) is 5.57. The number of nitrogens with zero attached hydrogens (tertiary/aromatic N) is 4. The predicted molar refractivity (Wildman–Crippen MR) is 125 cm³/mol. The lowest BCUT2D eigenvalue weighted by atomic mass is 10.0. The molecule has 4 nitrogen and oxygen atoms in total. The van der Waals surface area contributed by atoms with Crippen LogP contribution in [0.4, 0.5) is 0 Å². The lowest BCUT2D eigenvalue weighted by Crippen LogP contribution is -1.98. The number of hydrogen-bond donors (Lipinski definition) is 0. The zero-order valence-electron chi connectivity index (χ0n) is 17.1. The van der Waals surface area contributed by atoms with Gasteiger partial charge >= 0.3 is 0 Å². The molecule has 0 saturated carbocycles. The molecule has 0 fully saturated rings. The molecule has 0 N–H and O–H groups in total. The standard InChI is InChI=1S/C27H20N4/c1-19-15-20(24-18-30-14-8-7-13-26(30)28-24)17-21(16-19)27-29-23-11-5-6-12-25(23)31(27)22-9-3-2-4-10-22/h2-18H,1H3. The molecular formula is C27H20N4. The van der Waals surface area contributed by atoms with E-state index in [0.29, 0.717) is 0 Å². The van der Waals surface area contributed by atoms with Gasteiger partial charge in [0, 0.05) is 29.2 Å². The van der Waals surface area contributed by atoms with Crippen LogP contribution in [0.15, 0.2) is 103 Å². The lowest BCUT2D eigenvalue weighted by molar-refractivity contribution is 1.10. The molecule has 0 bridgehead atoms. The van der Waals surface area contributed by atoms with Gasteiger partial charge in [-0.2, -0.15) is 0 Å². The fraction of sp³-hybridized carbons (Fsp3) is 0.0370. The Morgan fingerprint density at radius 1 is 0.710 bits per heavy atom. The van der Waals surface area contributed by atoms with Crippen molar-refractivity contribution in [3.8, 4) is 28.3 Å². The van der Waals surface area contributed by atoms with E-state index < -0.39 is 0 Å². The van der Waals surface area contributed by atoms with Gasteiger partial charge in [-0.25, -0.2) is 9.97 Å². The fourth-order valence-electron chi connectivity index (χ4n) is 4.19. The Balaban J connectivity index is 1.59. The maximum Gasteiger partial charge on any atom is 0.145 e. The molecule has 0 atom stereocenters. The lowest BCUT2D eigenvalue weighted by Gasteiger charge is -2.11. The van der Waals surface area contributed by atoms with Crippen molar-refractivity contribution in [2.75, 3.05) is 0 Å². The van der Waals surface area contributed by atoms with Crippen LogP contribution in [-0.4, -0.2) is 18.9 Å². The quantitative estimate of drug-likeness (QED) is 0.349. The number of para-hydroxylation sites is 3. The Morgan fingerprint density at radius 2 is 1.48 bits per heavy atom. The number of aromatic nitrogens is 4. The zero-order valence-corrected chi connectivity index (χ0v) is 17.1. The van der Waals surface area contributed by atoms with Crippen LogP contribution in [0.3, 0.4) is 0 Å². The van der Waals surface area contributed by atoms with Crippen molar-refractivity contribution in [2.24, 2.45) is 0 Å². The second-order valence-corrected chi connectivity index (χ2v) is 7.78. The van der Waals surface area contributed by atoms with Crippen molar-refractivity contribution >= 4 is 16.7 Å². The molecule has 0 saturated heterocycles. The molecule has 3 aromatic carbocycles. The van der Waals surface area contributed by atoms with Crippen LogP contribution in [-0.2, 0) is 0 Å². The van der Waals surface area contributed by atoms with Gasteiger partial charge in [0.1, 0.15) is 11.5 Å². The van der Waals surface area contributed by atoms with Crippen LogP contribution in [0.25, 0.3) is 45.0 Å². The van der Waals surface area contributed by atoms with E-state index in [4.69, 9.17) is 9.97 Å². The molecule has 0 aliphatic carbocycles. The average Bonchev–Trinajstić information content (AvgIpc) is 3.41. The maximum absolute atomic E-state index is 5.02. The van der Waals surface area contributed by atoms with Gasteiger partial charge in [-0.3, -0.25) is 4.57 Å². The Bertz CT molecular complexity index is 1510. The van der Waals surface area contributed by atoms with Gasteiger partial charge in [0.15, 0.2) is 0 Å². The molecule has 3 aromatic heterocycles. The first kappa shape index (κ1) is 17.7. The molecule has 0 aliphatic rings. The molecule has 0 unspecified atom stereocenters. The molecule has 0 amide bonds. The normalized spacial score (nSPS) is 11.4. The summed E-state index contributed by atoms with van der Waals surface area (Å²) in [6.45, 7) is 2.12. The number of imidazole rings is 2. The number of hydrogen-bond acceptors (Lipinski definition) is 2. The Kier molecular flexibility index (Phi) is 3.96. The van der Waals surface area contributed by atoms with E-state index in [1.807, 2.05) is 36.5 Å². The van der Waals surface area contributed by atoms with Crippen LogP contribution < -0.4 is 0 Å². The first-order valence-corrected chi connectivity index (χ1v) is 10.4. The van der Waals surface area contributed by atoms with Crippen LogP contribution in [0.2, 0.25) is 0 Å². The third-order valence-electron chi connectivity index (χ3n) is 5.57. The monoisotopic (exact) mass is 400 g/mol. The summed E-state index contributed by atoms with van der Waals surface area (Å²) in [4.78, 5) is 9.83. The predicted octanol–water partition coefficient (Wildman–Crippen LogP) is 6.32. The number of fused-ring (bicyclic) bond motifs is 2. The molecule has 4 heteroatoms. The van der Waals surface area contributed by atoms with Crippen LogP contribution in [0.1, 0.15) is 5.56 Å². The molecule has 3 heterocycles. The van der Waals surface area contributed by atoms with E-state index in [9.17, 15) is 0 Å². The number of aryl methyl sites for hydroxylation is 1. The van der Waals surface area contributed by atoms with Gasteiger partial charge in [0.05, 0.1) is 16.7 Å². The van der Waals surface area contributed by atoms with Gasteiger partial charge < -0.3 is 4.40 Å². The summed E-state index contributed by atoms with van der Waals surface area (Å²) in [5.74, 6) is 0.932. The summed E-state index contributed by atoms with van der Waals surface area (Å²) in [7, 11) is 0. The summed E-state index contributed by atoms with van der Waals surface area (Å²) in [5.41, 5.74) is 8.42. The molecule has 6 rings (SSSR count). The smallest absolute Gasteiger partial charge is 0.145 e. The van der Waals surface area contributed by atoms with E-state index in [0.717, 1.165) is 45.0 Å². The minimum absolute atomic E-state index is 0.932.